The Labute approximate surface area is 104 Å². The highest BCUT2D eigenvalue weighted by Gasteiger charge is 2.08. The molecule has 0 fully saturated rings. The van der Waals surface area contributed by atoms with E-state index in [4.69, 9.17) is 15.3 Å². The number of nitrogens with one attached hydrogen (secondary N) is 1. The van der Waals surface area contributed by atoms with Crippen LogP contribution >= 0.6 is 0 Å². The van der Waals surface area contributed by atoms with Crippen molar-refractivity contribution in [2.75, 3.05) is 12.3 Å². The Kier molecular flexibility index (Phi) is 3.52. The number of carbonyl (C=O) groups is 1. The molecule has 0 aliphatic heterocycles. The number of phenols is 1. The number of anilines is 1. The Morgan fingerprint density at radius 2 is 1.94 bits per heavy atom. The first-order valence-corrected chi connectivity index (χ1v) is 5.56. The molecule has 0 aliphatic rings. The molecule has 4 N–H and O–H groups in total. The minimum atomic E-state index is -0.287. The van der Waals surface area contributed by atoms with Gasteiger partial charge in [-0.15, -0.1) is 0 Å². The number of hydrogen-bond acceptors (Lipinski definition) is 4. The number of furan rings is 1. The number of aromatic hydroxyl groups is 1. The average Bonchev–Trinajstić information content (AvgIpc) is 2.78. The van der Waals surface area contributed by atoms with E-state index < -0.39 is 0 Å². The van der Waals surface area contributed by atoms with E-state index in [1.807, 2.05) is 12.1 Å². The van der Waals surface area contributed by atoms with Crippen LogP contribution in [0, 0.1) is 0 Å². The summed E-state index contributed by atoms with van der Waals surface area (Å²) < 4.78 is 5.00. The average molecular weight is 246 g/mol. The Morgan fingerprint density at radius 1 is 1.22 bits per heavy atom. The quantitative estimate of drug-likeness (QED) is 0.763. The standard InChI is InChI=1S/C13H14N2O3/c14-12-6-5-11(18-12)13(17)15-8-7-9-1-3-10(16)4-2-9/h1-6,16H,7-8,14H2,(H,15,17). The van der Waals surface area contributed by atoms with E-state index >= 15 is 0 Å². The predicted octanol–water partition coefficient (Wildman–Crippen LogP) is 1.54. The Balaban J connectivity index is 1.82. The van der Waals surface area contributed by atoms with Gasteiger partial charge in [0.05, 0.1) is 0 Å². The molecule has 1 heterocycles. The molecule has 1 amide bonds. The molecule has 0 aliphatic carbocycles. The van der Waals surface area contributed by atoms with Crippen molar-refractivity contribution < 1.29 is 14.3 Å². The molecular weight excluding hydrogens is 232 g/mol. The van der Waals surface area contributed by atoms with Crippen LogP contribution in [0.3, 0.4) is 0 Å². The van der Waals surface area contributed by atoms with Crippen molar-refractivity contribution in [3.05, 3.63) is 47.7 Å². The number of hydrogen-bond donors (Lipinski definition) is 3. The second kappa shape index (κ2) is 5.27. The highest BCUT2D eigenvalue weighted by molar-refractivity contribution is 5.91. The second-order valence-electron chi connectivity index (χ2n) is 3.87. The number of benzene rings is 1. The van der Waals surface area contributed by atoms with E-state index in [9.17, 15) is 4.79 Å². The van der Waals surface area contributed by atoms with Crippen LogP contribution in [-0.4, -0.2) is 17.6 Å². The van der Waals surface area contributed by atoms with Gasteiger partial charge in [0.25, 0.3) is 5.91 Å². The van der Waals surface area contributed by atoms with Crippen molar-refractivity contribution >= 4 is 11.8 Å². The molecular formula is C13H14N2O3. The van der Waals surface area contributed by atoms with Gasteiger partial charge < -0.3 is 20.6 Å². The van der Waals surface area contributed by atoms with Crippen molar-refractivity contribution in [3.63, 3.8) is 0 Å². The van der Waals surface area contributed by atoms with Crippen LogP contribution in [0.25, 0.3) is 0 Å². The number of phenolic OH excluding ortho intramolecular Hbond substituents is 1. The van der Waals surface area contributed by atoms with Crippen LogP contribution in [0.15, 0.2) is 40.8 Å². The Hall–Kier alpha value is -2.43. The Morgan fingerprint density at radius 3 is 2.56 bits per heavy atom. The van der Waals surface area contributed by atoms with Crippen LogP contribution in [-0.2, 0) is 6.42 Å². The molecule has 5 heteroatoms. The third-order valence-electron chi connectivity index (χ3n) is 2.49. The van der Waals surface area contributed by atoms with Crippen molar-refractivity contribution in [1.29, 1.82) is 0 Å². The normalized spacial score (nSPS) is 10.2. The smallest absolute Gasteiger partial charge is 0.287 e. The lowest BCUT2D eigenvalue weighted by Gasteiger charge is -2.03. The van der Waals surface area contributed by atoms with Gasteiger partial charge in [0.2, 0.25) is 0 Å². The minimum Gasteiger partial charge on any atom is -0.508 e. The van der Waals surface area contributed by atoms with Gasteiger partial charge in [-0.3, -0.25) is 4.79 Å². The van der Waals surface area contributed by atoms with Crippen LogP contribution in [0.4, 0.5) is 5.88 Å². The fourth-order valence-electron chi connectivity index (χ4n) is 1.54. The van der Waals surface area contributed by atoms with E-state index in [0.717, 1.165) is 5.56 Å². The maximum absolute atomic E-state index is 11.6. The van der Waals surface area contributed by atoms with Crippen LogP contribution in [0.2, 0.25) is 0 Å². The highest BCUT2D eigenvalue weighted by Crippen LogP contribution is 2.10. The number of amides is 1. The molecule has 0 atom stereocenters. The molecule has 0 saturated heterocycles. The zero-order valence-corrected chi connectivity index (χ0v) is 9.72. The number of carbonyl (C=O) groups excluding carboxylic acids is 1. The Bertz CT molecular complexity index is 531. The largest absolute Gasteiger partial charge is 0.508 e. The topological polar surface area (TPSA) is 88.5 Å². The van der Waals surface area contributed by atoms with E-state index in [1.54, 1.807) is 12.1 Å². The first kappa shape index (κ1) is 12.0. The summed E-state index contributed by atoms with van der Waals surface area (Å²) in [5.41, 5.74) is 6.41. The summed E-state index contributed by atoms with van der Waals surface area (Å²) in [5.74, 6) is 0.371. The van der Waals surface area contributed by atoms with Crippen molar-refractivity contribution in [3.8, 4) is 5.75 Å². The zero-order valence-electron chi connectivity index (χ0n) is 9.72. The molecule has 0 bridgehead atoms. The molecule has 94 valence electrons. The zero-order chi connectivity index (χ0) is 13.0. The minimum absolute atomic E-state index is 0.207. The van der Waals surface area contributed by atoms with E-state index in [1.165, 1.54) is 12.1 Å². The summed E-state index contributed by atoms with van der Waals surface area (Å²) in [7, 11) is 0. The van der Waals surface area contributed by atoms with Gasteiger partial charge in [0.15, 0.2) is 11.6 Å². The first-order chi connectivity index (χ1) is 8.65. The monoisotopic (exact) mass is 246 g/mol. The summed E-state index contributed by atoms with van der Waals surface area (Å²) in [5, 5.41) is 11.9. The molecule has 1 aromatic carbocycles. The maximum atomic E-state index is 11.6. The van der Waals surface area contributed by atoms with Gasteiger partial charge in [0.1, 0.15) is 5.75 Å². The van der Waals surface area contributed by atoms with Gasteiger partial charge in [0, 0.05) is 12.6 Å². The lowest BCUT2D eigenvalue weighted by molar-refractivity contribution is 0.0927. The van der Waals surface area contributed by atoms with Gasteiger partial charge >= 0.3 is 0 Å². The van der Waals surface area contributed by atoms with E-state index in [0.29, 0.717) is 13.0 Å². The number of rotatable bonds is 4. The lowest BCUT2D eigenvalue weighted by Crippen LogP contribution is -2.25. The van der Waals surface area contributed by atoms with Crippen molar-refractivity contribution in [2.24, 2.45) is 0 Å². The maximum Gasteiger partial charge on any atom is 0.287 e. The van der Waals surface area contributed by atoms with Crippen LogP contribution < -0.4 is 11.1 Å². The van der Waals surface area contributed by atoms with Crippen molar-refractivity contribution in [1.82, 2.24) is 5.32 Å². The summed E-state index contributed by atoms with van der Waals surface area (Å²) in [6.45, 7) is 0.490. The fourth-order valence-corrected chi connectivity index (χ4v) is 1.54. The van der Waals surface area contributed by atoms with Gasteiger partial charge in [-0.25, -0.2) is 0 Å². The van der Waals surface area contributed by atoms with Gasteiger partial charge in [-0.05, 0) is 30.2 Å². The number of nitrogen functional groups attached to an aromatic ring is 1. The van der Waals surface area contributed by atoms with Gasteiger partial charge in [-0.2, -0.15) is 0 Å². The van der Waals surface area contributed by atoms with Crippen LogP contribution in [0.5, 0.6) is 5.75 Å². The second-order valence-corrected chi connectivity index (χ2v) is 3.87. The SMILES string of the molecule is Nc1ccc(C(=O)NCCc2ccc(O)cc2)o1. The molecule has 0 radical (unpaired) electrons. The van der Waals surface area contributed by atoms with E-state index in [2.05, 4.69) is 5.32 Å². The molecule has 0 saturated carbocycles. The van der Waals surface area contributed by atoms with Gasteiger partial charge in [-0.1, -0.05) is 12.1 Å². The summed E-state index contributed by atoms with van der Waals surface area (Å²) in [6.07, 6.45) is 0.683. The molecule has 2 aromatic rings. The first-order valence-electron chi connectivity index (χ1n) is 5.56. The third-order valence-corrected chi connectivity index (χ3v) is 2.49. The summed E-state index contributed by atoms with van der Waals surface area (Å²) in [6, 6.07) is 9.92. The van der Waals surface area contributed by atoms with E-state index in [-0.39, 0.29) is 23.3 Å². The summed E-state index contributed by atoms with van der Waals surface area (Å²) >= 11 is 0. The molecule has 2 rings (SSSR count). The molecule has 0 unspecified atom stereocenters. The third kappa shape index (κ3) is 3.04. The van der Waals surface area contributed by atoms with Crippen molar-refractivity contribution in [2.45, 2.75) is 6.42 Å². The number of nitrogens with two attached hydrogens (primary N) is 1. The molecule has 18 heavy (non-hydrogen) atoms. The fraction of sp³-hybridized carbons (Fsp3) is 0.154. The lowest BCUT2D eigenvalue weighted by atomic mass is 10.1. The predicted molar refractivity (Wildman–Crippen MR) is 67.3 cm³/mol. The molecule has 1 aromatic heterocycles. The molecule has 5 nitrogen and oxygen atoms in total. The summed E-state index contributed by atoms with van der Waals surface area (Å²) in [4.78, 5) is 11.6. The molecule has 0 spiro atoms. The van der Waals surface area contributed by atoms with Crippen LogP contribution in [0.1, 0.15) is 16.1 Å². The highest BCUT2D eigenvalue weighted by atomic mass is 16.4.